The molecular formula is C13H14O4. The molecule has 0 saturated carbocycles. The lowest BCUT2D eigenvalue weighted by molar-refractivity contribution is -0.150. The SMILES string of the molecule is COC(=O)C(O)c1cccc2c1CCCC2=O. The predicted molar refractivity (Wildman–Crippen MR) is 60.7 cm³/mol. The number of fused-ring (bicyclic) bond motifs is 1. The number of hydrogen-bond donors (Lipinski definition) is 1. The molecule has 90 valence electrons. The molecule has 4 heteroatoms. The van der Waals surface area contributed by atoms with Crippen molar-refractivity contribution in [3.8, 4) is 0 Å². The molecule has 0 heterocycles. The minimum atomic E-state index is -1.30. The fraction of sp³-hybridized carbons (Fsp3) is 0.385. The van der Waals surface area contributed by atoms with Crippen LogP contribution in [0.3, 0.4) is 0 Å². The number of ether oxygens (including phenoxy) is 1. The lowest BCUT2D eigenvalue weighted by Crippen LogP contribution is -2.19. The Bertz CT molecular complexity index is 464. The topological polar surface area (TPSA) is 63.6 Å². The molecule has 1 unspecified atom stereocenters. The van der Waals surface area contributed by atoms with Crippen molar-refractivity contribution in [2.75, 3.05) is 7.11 Å². The minimum absolute atomic E-state index is 0.0742. The van der Waals surface area contributed by atoms with Crippen LogP contribution >= 0.6 is 0 Å². The average Bonchev–Trinajstić information content (AvgIpc) is 2.37. The summed E-state index contributed by atoms with van der Waals surface area (Å²) in [5.74, 6) is -0.624. The highest BCUT2D eigenvalue weighted by Gasteiger charge is 2.26. The highest BCUT2D eigenvalue weighted by Crippen LogP contribution is 2.28. The molecule has 0 aromatic heterocycles. The second-order valence-corrected chi connectivity index (χ2v) is 4.08. The lowest BCUT2D eigenvalue weighted by atomic mass is 9.86. The van der Waals surface area contributed by atoms with E-state index in [0.29, 0.717) is 24.0 Å². The Morgan fingerprint density at radius 3 is 2.88 bits per heavy atom. The Morgan fingerprint density at radius 2 is 2.18 bits per heavy atom. The summed E-state index contributed by atoms with van der Waals surface area (Å²) in [5.41, 5.74) is 1.89. The smallest absolute Gasteiger partial charge is 0.339 e. The molecule has 1 N–H and O–H groups in total. The largest absolute Gasteiger partial charge is 0.467 e. The van der Waals surface area contributed by atoms with E-state index in [1.165, 1.54) is 7.11 Å². The highest BCUT2D eigenvalue weighted by atomic mass is 16.5. The third kappa shape index (κ3) is 2.08. The van der Waals surface area contributed by atoms with E-state index in [9.17, 15) is 14.7 Å². The molecule has 1 aromatic carbocycles. The quantitative estimate of drug-likeness (QED) is 0.786. The van der Waals surface area contributed by atoms with Crippen LogP contribution in [-0.4, -0.2) is 24.0 Å². The average molecular weight is 234 g/mol. The maximum absolute atomic E-state index is 11.7. The third-order valence-corrected chi connectivity index (χ3v) is 3.06. The first-order valence-corrected chi connectivity index (χ1v) is 5.56. The zero-order valence-corrected chi connectivity index (χ0v) is 9.60. The van der Waals surface area contributed by atoms with Crippen LogP contribution in [0, 0.1) is 0 Å². The number of benzene rings is 1. The van der Waals surface area contributed by atoms with Crippen LogP contribution < -0.4 is 0 Å². The summed E-state index contributed by atoms with van der Waals surface area (Å²) < 4.78 is 4.51. The number of methoxy groups -OCH3 is 1. The van der Waals surface area contributed by atoms with Gasteiger partial charge in [-0.15, -0.1) is 0 Å². The summed E-state index contributed by atoms with van der Waals surface area (Å²) in [5, 5.41) is 9.85. The highest BCUT2D eigenvalue weighted by molar-refractivity contribution is 5.99. The molecular weight excluding hydrogens is 220 g/mol. The van der Waals surface area contributed by atoms with Crippen molar-refractivity contribution in [1.29, 1.82) is 0 Å². The van der Waals surface area contributed by atoms with Gasteiger partial charge in [-0.3, -0.25) is 4.79 Å². The number of esters is 1. The Kier molecular flexibility index (Phi) is 3.24. The van der Waals surface area contributed by atoms with Gasteiger partial charge >= 0.3 is 5.97 Å². The Balaban J connectivity index is 2.45. The van der Waals surface area contributed by atoms with Gasteiger partial charge in [-0.2, -0.15) is 0 Å². The molecule has 1 atom stereocenters. The maximum atomic E-state index is 11.7. The van der Waals surface area contributed by atoms with Gasteiger partial charge in [0.15, 0.2) is 11.9 Å². The summed E-state index contributed by atoms with van der Waals surface area (Å²) in [7, 11) is 1.23. The Morgan fingerprint density at radius 1 is 1.41 bits per heavy atom. The fourth-order valence-corrected chi connectivity index (χ4v) is 2.20. The van der Waals surface area contributed by atoms with E-state index in [-0.39, 0.29) is 5.78 Å². The zero-order valence-electron chi connectivity index (χ0n) is 9.60. The molecule has 2 rings (SSSR count). The van der Waals surface area contributed by atoms with Crippen LogP contribution in [0.1, 0.15) is 40.4 Å². The Labute approximate surface area is 99.2 Å². The molecule has 1 aliphatic rings. The molecule has 0 amide bonds. The van der Waals surface area contributed by atoms with Crippen molar-refractivity contribution in [2.24, 2.45) is 0 Å². The van der Waals surface area contributed by atoms with E-state index in [0.717, 1.165) is 12.0 Å². The van der Waals surface area contributed by atoms with E-state index >= 15 is 0 Å². The van der Waals surface area contributed by atoms with Gasteiger partial charge in [0, 0.05) is 12.0 Å². The summed E-state index contributed by atoms with van der Waals surface area (Å²) in [6.45, 7) is 0. The number of aliphatic hydroxyl groups is 1. The third-order valence-electron chi connectivity index (χ3n) is 3.06. The van der Waals surface area contributed by atoms with Crippen molar-refractivity contribution in [2.45, 2.75) is 25.4 Å². The normalized spacial score (nSPS) is 16.2. The number of ketones is 1. The number of rotatable bonds is 2. The van der Waals surface area contributed by atoms with Crippen molar-refractivity contribution in [1.82, 2.24) is 0 Å². The molecule has 0 bridgehead atoms. The second-order valence-electron chi connectivity index (χ2n) is 4.08. The molecule has 1 aromatic rings. The van der Waals surface area contributed by atoms with Gasteiger partial charge in [0.25, 0.3) is 0 Å². The van der Waals surface area contributed by atoms with Crippen molar-refractivity contribution >= 4 is 11.8 Å². The van der Waals surface area contributed by atoms with Crippen molar-refractivity contribution in [3.63, 3.8) is 0 Å². The first kappa shape index (κ1) is 11.8. The van der Waals surface area contributed by atoms with Crippen LogP contribution in [0.4, 0.5) is 0 Å². The van der Waals surface area contributed by atoms with E-state index in [1.54, 1.807) is 18.2 Å². The molecule has 0 saturated heterocycles. The number of hydrogen-bond acceptors (Lipinski definition) is 4. The monoisotopic (exact) mass is 234 g/mol. The molecule has 0 spiro atoms. The molecule has 0 fully saturated rings. The van der Waals surface area contributed by atoms with E-state index in [2.05, 4.69) is 4.74 Å². The van der Waals surface area contributed by atoms with Crippen LogP contribution in [0.25, 0.3) is 0 Å². The van der Waals surface area contributed by atoms with Crippen LogP contribution in [0.15, 0.2) is 18.2 Å². The van der Waals surface area contributed by atoms with E-state index < -0.39 is 12.1 Å². The zero-order chi connectivity index (χ0) is 12.4. The van der Waals surface area contributed by atoms with Gasteiger partial charge < -0.3 is 9.84 Å². The first-order chi connectivity index (χ1) is 8.15. The van der Waals surface area contributed by atoms with Gasteiger partial charge in [-0.25, -0.2) is 4.79 Å². The van der Waals surface area contributed by atoms with E-state index in [1.807, 2.05) is 0 Å². The van der Waals surface area contributed by atoms with Gasteiger partial charge in [-0.05, 0) is 24.0 Å². The molecule has 1 aliphatic carbocycles. The van der Waals surface area contributed by atoms with E-state index in [4.69, 9.17) is 0 Å². The summed E-state index contributed by atoms with van der Waals surface area (Å²) in [6.07, 6.45) is 0.702. The molecule has 17 heavy (non-hydrogen) atoms. The molecule has 0 aliphatic heterocycles. The number of aliphatic hydroxyl groups excluding tert-OH is 1. The van der Waals surface area contributed by atoms with Gasteiger partial charge in [0.2, 0.25) is 0 Å². The lowest BCUT2D eigenvalue weighted by Gasteiger charge is -2.20. The van der Waals surface area contributed by atoms with Crippen molar-refractivity contribution in [3.05, 3.63) is 34.9 Å². The predicted octanol–water partition coefficient (Wildman–Crippen LogP) is 1.41. The van der Waals surface area contributed by atoms with Gasteiger partial charge in [-0.1, -0.05) is 18.2 Å². The molecule has 0 radical (unpaired) electrons. The van der Waals surface area contributed by atoms with Gasteiger partial charge in [0.05, 0.1) is 7.11 Å². The van der Waals surface area contributed by atoms with Crippen molar-refractivity contribution < 1.29 is 19.4 Å². The minimum Gasteiger partial charge on any atom is -0.467 e. The standard InChI is InChI=1S/C13H14O4/c1-17-13(16)12(15)10-6-2-5-9-8(10)4-3-7-11(9)14/h2,5-6,12,15H,3-4,7H2,1H3. The summed E-state index contributed by atoms with van der Waals surface area (Å²) >= 11 is 0. The van der Waals surface area contributed by atoms with Crippen LogP contribution in [0.5, 0.6) is 0 Å². The van der Waals surface area contributed by atoms with Crippen LogP contribution in [-0.2, 0) is 16.0 Å². The summed E-state index contributed by atoms with van der Waals surface area (Å²) in [6, 6.07) is 5.09. The molecule has 4 nitrogen and oxygen atoms in total. The second kappa shape index (κ2) is 4.67. The number of carbonyl (C=O) groups excluding carboxylic acids is 2. The fourth-order valence-electron chi connectivity index (χ4n) is 2.20. The number of carbonyl (C=O) groups is 2. The number of Topliss-reactive ketones (excluding diaryl/α,β-unsaturated/α-hetero) is 1. The maximum Gasteiger partial charge on any atom is 0.339 e. The Hall–Kier alpha value is -1.68. The van der Waals surface area contributed by atoms with Crippen LogP contribution in [0.2, 0.25) is 0 Å². The summed E-state index contributed by atoms with van der Waals surface area (Å²) in [4.78, 5) is 23.0. The van der Waals surface area contributed by atoms with Gasteiger partial charge in [0.1, 0.15) is 0 Å². The first-order valence-electron chi connectivity index (χ1n) is 5.56.